The molecule has 1 saturated heterocycles. The normalized spacial score (nSPS) is 19.6. The van der Waals surface area contributed by atoms with Crippen molar-refractivity contribution >= 4 is 22.0 Å². The number of nitrogens with zero attached hydrogens (tertiary/aromatic N) is 1. The summed E-state index contributed by atoms with van der Waals surface area (Å²) in [5, 5.41) is 0. The number of sulfonamides is 1. The average molecular weight is 457 g/mol. The van der Waals surface area contributed by atoms with Crippen molar-refractivity contribution in [2.45, 2.75) is 64.1 Å². The Morgan fingerprint density at radius 1 is 1.19 bits per heavy atom. The summed E-state index contributed by atoms with van der Waals surface area (Å²) >= 11 is 0. The number of carbonyl (C=O) groups excluding carboxylic acids is 2. The van der Waals surface area contributed by atoms with Gasteiger partial charge in [-0.25, -0.2) is 22.3 Å². The zero-order valence-electron chi connectivity index (χ0n) is 18.2. The van der Waals surface area contributed by atoms with Gasteiger partial charge < -0.3 is 14.4 Å². The fraction of sp³-hybridized carbons (Fsp3) is 0.619. The predicted molar refractivity (Wildman–Crippen MR) is 112 cm³/mol. The summed E-state index contributed by atoms with van der Waals surface area (Å²) in [6.07, 6.45) is 3.26. The molecule has 1 N–H and O–H groups in total. The highest BCUT2D eigenvalue weighted by Gasteiger charge is 2.33. The van der Waals surface area contributed by atoms with Gasteiger partial charge in [0.25, 0.3) is 5.91 Å². The summed E-state index contributed by atoms with van der Waals surface area (Å²) in [5.74, 6) is -1.42. The minimum Gasteiger partial charge on any atom is -0.488 e. The molecule has 3 rings (SSSR count). The van der Waals surface area contributed by atoms with Gasteiger partial charge >= 0.3 is 6.09 Å². The van der Waals surface area contributed by atoms with Crippen molar-refractivity contribution in [1.82, 2.24) is 9.62 Å². The third kappa shape index (κ3) is 6.56. The van der Waals surface area contributed by atoms with E-state index in [9.17, 15) is 22.4 Å². The number of carbonyl (C=O) groups is 2. The lowest BCUT2D eigenvalue weighted by Gasteiger charge is -2.34. The molecule has 1 atom stereocenters. The van der Waals surface area contributed by atoms with Crippen LogP contribution in [0.5, 0.6) is 5.75 Å². The maximum absolute atomic E-state index is 14.7. The highest BCUT2D eigenvalue weighted by Crippen LogP contribution is 2.45. The Labute approximate surface area is 182 Å². The van der Waals surface area contributed by atoms with Gasteiger partial charge in [0, 0.05) is 12.6 Å². The molecule has 172 valence electrons. The van der Waals surface area contributed by atoms with Gasteiger partial charge in [-0.1, -0.05) is 0 Å². The molecule has 0 spiro atoms. The molecule has 31 heavy (non-hydrogen) atoms. The molecule has 1 heterocycles. The largest absolute Gasteiger partial charge is 0.488 e. The van der Waals surface area contributed by atoms with Crippen LogP contribution in [-0.4, -0.2) is 56.4 Å². The molecule has 10 heteroatoms. The molecular weight excluding hydrogens is 427 g/mol. The minimum atomic E-state index is -3.81. The topological polar surface area (TPSA) is 102 Å². The second-order valence-corrected chi connectivity index (χ2v) is 10.9. The number of ether oxygens (including phenoxy) is 2. The molecule has 0 bridgehead atoms. The second-order valence-electron chi connectivity index (χ2n) is 9.16. The van der Waals surface area contributed by atoms with Crippen molar-refractivity contribution in [3.05, 3.63) is 29.1 Å². The van der Waals surface area contributed by atoms with E-state index in [4.69, 9.17) is 9.47 Å². The van der Waals surface area contributed by atoms with E-state index >= 15 is 0 Å². The molecule has 8 nitrogen and oxygen atoms in total. The van der Waals surface area contributed by atoms with Crippen molar-refractivity contribution in [1.29, 1.82) is 0 Å². The van der Waals surface area contributed by atoms with E-state index in [0.717, 1.165) is 31.6 Å². The van der Waals surface area contributed by atoms with Crippen LogP contribution in [0, 0.1) is 5.82 Å². The molecule has 2 amide bonds. The molecule has 1 aromatic carbocycles. The number of rotatable bonds is 5. The Bertz CT molecular complexity index is 969. The third-order valence-corrected chi connectivity index (χ3v) is 5.52. The molecular formula is C21H29FN2O6S. The molecule has 1 aliphatic carbocycles. The van der Waals surface area contributed by atoms with Crippen molar-refractivity contribution in [3.8, 4) is 5.75 Å². The Morgan fingerprint density at radius 3 is 2.45 bits per heavy atom. The van der Waals surface area contributed by atoms with Gasteiger partial charge in [0.2, 0.25) is 10.0 Å². The number of halogens is 1. The first-order valence-electron chi connectivity index (χ1n) is 10.3. The van der Waals surface area contributed by atoms with Gasteiger partial charge in [-0.05, 0) is 64.0 Å². The lowest BCUT2D eigenvalue weighted by Crippen LogP contribution is -2.46. The lowest BCUT2D eigenvalue weighted by atomic mass is 10.0. The summed E-state index contributed by atoms with van der Waals surface area (Å²) in [5.41, 5.74) is -0.261. The first-order valence-corrected chi connectivity index (χ1v) is 12.2. The summed E-state index contributed by atoms with van der Waals surface area (Å²) in [6, 6.07) is 2.51. The van der Waals surface area contributed by atoms with Crippen molar-refractivity contribution in [2.24, 2.45) is 0 Å². The maximum Gasteiger partial charge on any atom is 0.410 e. The van der Waals surface area contributed by atoms with Crippen LogP contribution < -0.4 is 9.46 Å². The molecule has 0 aromatic heterocycles. The lowest BCUT2D eigenvalue weighted by molar-refractivity contribution is 0.00760. The number of nitrogens with one attached hydrogen (secondary N) is 1. The van der Waals surface area contributed by atoms with E-state index < -0.39 is 33.4 Å². The minimum absolute atomic E-state index is 0.130. The maximum atomic E-state index is 14.7. The first kappa shape index (κ1) is 23.3. The van der Waals surface area contributed by atoms with Gasteiger partial charge in [-0.15, -0.1) is 0 Å². The Hall–Kier alpha value is -2.36. The van der Waals surface area contributed by atoms with Crippen LogP contribution in [0.4, 0.5) is 9.18 Å². The Morgan fingerprint density at radius 2 is 1.87 bits per heavy atom. The van der Waals surface area contributed by atoms with Gasteiger partial charge in [-0.3, -0.25) is 4.79 Å². The predicted octanol–water partition coefficient (Wildman–Crippen LogP) is 3.17. The second kappa shape index (κ2) is 8.64. The zero-order valence-corrected chi connectivity index (χ0v) is 19.1. The quantitative estimate of drug-likeness (QED) is 0.730. The average Bonchev–Trinajstić information content (AvgIpc) is 3.44. The van der Waals surface area contributed by atoms with Crippen LogP contribution in [0.2, 0.25) is 0 Å². The smallest absolute Gasteiger partial charge is 0.410 e. The zero-order chi connectivity index (χ0) is 23.0. The number of piperidine rings is 1. The number of hydrogen-bond acceptors (Lipinski definition) is 6. The van der Waals surface area contributed by atoms with Gasteiger partial charge in [0.15, 0.2) is 0 Å². The summed E-state index contributed by atoms with van der Waals surface area (Å²) in [4.78, 5) is 26.1. The monoisotopic (exact) mass is 456 g/mol. The molecule has 1 saturated carbocycles. The van der Waals surface area contributed by atoms with Crippen molar-refractivity contribution < 1.29 is 31.9 Å². The number of benzene rings is 1. The van der Waals surface area contributed by atoms with E-state index in [1.807, 2.05) is 0 Å². The third-order valence-electron chi connectivity index (χ3n) is 4.96. The fourth-order valence-corrected chi connectivity index (χ4v) is 3.94. The van der Waals surface area contributed by atoms with Gasteiger partial charge in [0.1, 0.15) is 23.3 Å². The molecule has 2 fully saturated rings. The fourth-order valence-electron chi connectivity index (χ4n) is 3.49. The standard InChI is InChI=1S/C21H29FN2O6S/c1-21(2,3)30-20(26)24-9-5-6-14(12-24)29-18-11-17(22)16(10-15(18)13-7-8-13)19(25)23-31(4,27)28/h10-11,13-14H,5-9,12H2,1-4H3,(H,23,25). The van der Waals surface area contributed by atoms with Crippen molar-refractivity contribution in [2.75, 3.05) is 19.3 Å². The van der Waals surface area contributed by atoms with Gasteiger partial charge in [0.05, 0.1) is 18.4 Å². The van der Waals surface area contributed by atoms with Crippen LogP contribution in [0.15, 0.2) is 12.1 Å². The van der Waals surface area contributed by atoms with Crippen LogP contribution >= 0.6 is 0 Å². The highest BCUT2D eigenvalue weighted by molar-refractivity contribution is 7.89. The molecule has 1 aromatic rings. The number of amides is 2. The molecule has 1 unspecified atom stereocenters. The SMILES string of the molecule is CC(C)(C)OC(=O)N1CCCC(Oc2cc(F)c(C(=O)NS(C)(=O)=O)cc2C2CC2)C1. The van der Waals surface area contributed by atoms with Crippen LogP contribution in [0.3, 0.4) is 0 Å². The van der Waals surface area contributed by atoms with E-state index in [1.54, 1.807) is 30.4 Å². The molecule has 1 aliphatic heterocycles. The number of hydrogen-bond donors (Lipinski definition) is 1. The first-order chi connectivity index (χ1) is 14.3. The van der Waals surface area contributed by atoms with E-state index in [-0.39, 0.29) is 17.6 Å². The van der Waals surface area contributed by atoms with E-state index in [2.05, 4.69) is 0 Å². The summed E-state index contributed by atoms with van der Waals surface area (Å²) in [6.45, 7) is 6.28. The van der Waals surface area contributed by atoms with Crippen LogP contribution in [-0.2, 0) is 14.8 Å². The molecule has 2 aliphatic rings. The van der Waals surface area contributed by atoms with Crippen LogP contribution in [0.1, 0.15) is 68.3 Å². The Balaban J connectivity index is 1.77. The summed E-state index contributed by atoms with van der Waals surface area (Å²) in [7, 11) is -3.81. The van der Waals surface area contributed by atoms with Crippen molar-refractivity contribution in [3.63, 3.8) is 0 Å². The van der Waals surface area contributed by atoms with E-state index in [0.29, 0.717) is 30.8 Å². The van der Waals surface area contributed by atoms with Gasteiger partial charge in [-0.2, -0.15) is 0 Å². The number of likely N-dealkylation sites (tertiary alicyclic amines) is 1. The Kier molecular flexibility index (Phi) is 6.50. The van der Waals surface area contributed by atoms with E-state index in [1.165, 1.54) is 6.07 Å². The summed E-state index contributed by atoms with van der Waals surface area (Å²) < 4.78 is 50.6. The molecule has 0 radical (unpaired) electrons. The highest BCUT2D eigenvalue weighted by atomic mass is 32.2. The van der Waals surface area contributed by atoms with Crippen LogP contribution in [0.25, 0.3) is 0 Å².